The summed E-state index contributed by atoms with van der Waals surface area (Å²) in [7, 11) is -2.77. The lowest BCUT2D eigenvalue weighted by Crippen LogP contribution is -2.44. The fourth-order valence-electron chi connectivity index (χ4n) is 4.55. The van der Waals surface area contributed by atoms with Gasteiger partial charge in [0.1, 0.15) is 10.8 Å². The molecule has 0 heterocycles. The number of carboxylic acid groups (broad SMARTS) is 1. The molecule has 3 N–H and O–H groups in total. The van der Waals surface area contributed by atoms with E-state index in [1.54, 1.807) is 0 Å². The second-order valence-electron chi connectivity index (χ2n) is 7.46. The Morgan fingerprint density at radius 3 is 2.45 bits per heavy atom. The summed E-state index contributed by atoms with van der Waals surface area (Å²) in [5.74, 6) is -3.19. The third-order valence-electron chi connectivity index (χ3n) is 6.16. The zero-order valence-electron chi connectivity index (χ0n) is 15.3. The van der Waals surface area contributed by atoms with Gasteiger partial charge >= 0.3 is 5.97 Å². The average Bonchev–Trinajstić information content (AvgIpc) is 3.26. The molecule has 156 valence electrons. The zero-order chi connectivity index (χ0) is 21.8. The molecule has 3 rings (SSSR count). The number of primary amides is 1. The van der Waals surface area contributed by atoms with Crippen LogP contribution >= 0.6 is 23.2 Å². The summed E-state index contributed by atoms with van der Waals surface area (Å²) in [4.78, 5) is 24.0. The van der Waals surface area contributed by atoms with Crippen LogP contribution < -0.4 is 5.73 Å². The lowest BCUT2D eigenvalue weighted by Gasteiger charge is -2.31. The molecule has 1 amide bonds. The minimum atomic E-state index is -4.04. The molecule has 11 heteroatoms. The lowest BCUT2D eigenvalue weighted by molar-refractivity contribution is -0.159. The highest BCUT2D eigenvalue weighted by Gasteiger charge is 2.75. The first kappa shape index (κ1) is 21.8. The Hall–Kier alpha value is -1.86. The Bertz CT molecular complexity index is 1040. The smallest absolute Gasteiger partial charge is 0.312 e. The molecular formula is C18H18Cl2N2O6S. The fraction of sp³-hybridized carbons (Fsp3) is 0.500. The molecule has 2 aliphatic carbocycles. The number of methoxy groups -OCH3 is 1. The fourth-order valence-corrected chi connectivity index (χ4v) is 7.15. The van der Waals surface area contributed by atoms with Crippen LogP contribution in [0.3, 0.4) is 0 Å². The van der Waals surface area contributed by atoms with Crippen molar-refractivity contribution in [2.45, 2.75) is 35.5 Å². The van der Waals surface area contributed by atoms with Crippen LogP contribution in [0.5, 0.6) is 0 Å². The number of carboxylic acids is 1. The molecule has 1 aromatic carbocycles. The number of aliphatic carboxylic acids is 1. The maximum atomic E-state index is 13.2. The van der Waals surface area contributed by atoms with Crippen LogP contribution in [0.2, 0.25) is 10.0 Å². The lowest BCUT2D eigenvalue weighted by atomic mass is 9.75. The molecule has 0 spiro atoms. The number of halogens is 2. The predicted octanol–water partition coefficient (Wildman–Crippen LogP) is 2.03. The van der Waals surface area contributed by atoms with Gasteiger partial charge in [-0.25, -0.2) is 8.42 Å². The van der Waals surface area contributed by atoms with Crippen molar-refractivity contribution in [3.8, 4) is 6.07 Å². The zero-order valence-corrected chi connectivity index (χ0v) is 17.6. The van der Waals surface area contributed by atoms with E-state index >= 15 is 0 Å². The van der Waals surface area contributed by atoms with Gasteiger partial charge < -0.3 is 15.6 Å². The largest absolute Gasteiger partial charge is 0.481 e. The monoisotopic (exact) mass is 460 g/mol. The van der Waals surface area contributed by atoms with Gasteiger partial charge in [-0.3, -0.25) is 9.59 Å². The van der Waals surface area contributed by atoms with E-state index in [0.29, 0.717) is 0 Å². The number of amides is 1. The number of benzene rings is 1. The van der Waals surface area contributed by atoms with Crippen molar-refractivity contribution < 1.29 is 27.9 Å². The van der Waals surface area contributed by atoms with Crippen molar-refractivity contribution in [1.82, 2.24) is 0 Å². The minimum Gasteiger partial charge on any atom is -0.481 e. The summed E-state index contributed by atoms with van der Waals surface area (Å²) < 4.78 is 31.8. The third kappa shape index (κ3) is 3.10. The van der Waals surface area contributed by atoms with Crippen molar-refractivity contribution in [1.29, 1.82) is 5.26 Å². The van der Waals surface area contributed by atoms with Crippen molar-refractivity contribution in [2.75, 3.05) is 7.11 Å². The molecule has 2 saturated carbocycles. The van der Waals surface area contributed by atoms with E-state index in [1.807, 2.05) is 6.07 Å². The number of carbonyl (C=O) groups excluding carboxylic acids is 1. The summed E-state index contributed by atoms with van der Waals surface area (Å²) in [6, 6.07) is 5.76. The Kier molecular flexibility index (Phi) is 5.37. The van der Waals surface area contributed by atoms with E-state index in [2.05, 4.69) is 0 Å². The van der Waals surface area contributed by atoms with E-state index in [-0.39, 0.29) is 34.2 Å². The summed E-state index contributed by atoms with van der Waals surface area (Å²) in [6.07, 6.45) is -1.53. The van der Waals surface area contributed by atoms with Crippen LogP contribution in [-0.4, -0.2) is 43.9 Å². The number of nitrogens with zero attached hydrogens (tertiary/aromatic N) is 1. The Balaban J connectivity index is 2.05. The summed E-state index contributed by atoms with van der Waals surface area (Å²) >= 11 is 11.9. The van der Waals surface area contributed by atoms with Crippen LogP contribution in [-0.2, 0) is 24.2 Å². The summed E-state index contributed by atoms with van der Waals surface area (Å²) in [5.41, 5.74) is 1.96. The molecule has 5 atom stereocenters. The van der Waals surface area contributed by atoms with Gasteiger partial charge in [-0.15, -0.1) is 0 Å². The van der Waals surface area contributed by atoms with Crippen molar-refractivity contribution in [3.63, 3.8) is 0 Å². The molecule has 8 nitrogen and oxygen atoms in total. The first-order valence-corrected chi connectivity index (χ1v) is 10.9. The number of nitrogens with two attached hydrogens (primary N) is 1. The maximum absolute atomic E-state index is 13.2. The van der Waals surface area contributed by atoms with E-state index in [4.69, 9.17) is 33.7 Å². The summed E-state index contributed by atoms with van der Waals surface area (Å²) in [5, 5.41) is 18.5. The van der Waals surface area contributed by atoms with E-state index < -0.39 is 49.8 Å². The highest BCUT2D eigenvalue weighted by atomic mass is 35.5. The van der Waals surface area contributed by atoms with Crippen LogP contribution in [0.25, 0.3) is 0 Å². The van der Waals surface area contributed by atoms with Crippen LogP contribution in [0.4, 0.5) is 0 Å². The number of rotatable bonds is 6. The van der Waals surface area contributed by atoms with Gasteiger partial charge in [0.15, 0.2) is 9.84 Å². The quantitative estimate of drug-likeness (QED) is 0.659. The molecule has 1 aromatic rings. The number of hydrogen-bond donors (Lipinski definition) is 2. The normalized spacial score (nSPS) is 33.8. The van der Waals surface area contributed by atoms with Gasteiger partial charge in [-0.2, -0.15) is 5.26 Å². The highest BCUT2D eigenvalue weighted by molar-refractivity contribution is 7.92. The van der Waals surface area contributed by atoms with E-state index in [0.717, 1.165) is 0 Å². The van der Waals surface area contributed by atoms with Crippen molar-refractivity contribution in [2.24, 2.45) is 22.5 Å². The van der Waals surface area contributed by atoms with Crippen LogP contribution in [0, 0.1) is 28.1 Å². The van der Waals surface area contributed by atoms with Gasteiger partial charge in [0.25, 0.3) is 0 Å². The Morgan fingerprint density at radius 1 is 1.34 bits per heavy atom. The predicted molar refractivity (Wildman–Crippen MR) is 103 cm³/mol. The van der Waals surface area contributed by atoms with E-state index in [1.165, 1.54) is 25.3 Å². The first-order chi connectivity index (χ1) is 13.5. The van der Waals surface area contributed by atoms with Gasteiger partial charge in [-0.1, -0.05) is 23.2 Å². The number of carbonyl (C=O) groups is 2. The SMILES string of the molecule is CO[C@@H]1C[C@H](S(=O)(=O)c2ccc(Cl)cc2Cl)C[C@@]1(C(=O)O)C1CC1(C#N)C(N)=O. The molecule has 29 heavy (non-hydrogen) atoms. The molecule has 2 aliphatic rings. The van der Waals surface area contributed by atoms with Crippen LogP contribution in [0.1, 0.15) is 19.3 Å². The second kappa shape index (κ2) is 7.13. The number of sulfone groups is 1. The Morgan fingerprint density at radius 2 is 2.00 bits per heavy atom. The van der Waals surface area contributed by atoms with Gasteiger partial charge in [-0.05, 0) is 37.5 Å². The molecule has 2 fully saturated rings. The average molecular weight is 461 g/mol. The molecule has 0 aliphatic heterocycles. The molecule has 0 saturated heterocycles. The molecule has 2 unspecified atom stereocenters. The first-order valence-electron chi connectivity index (χ1n) is 8.63. The number of hydrogen-bond acceptors (Lipinski definition) is 6. The molecule has 0 aromatic heterocycles. The third-order valence-corrected chi connectivity index (χ3v) is 9.03. The van der Waals surface area contributed by atoms with Crippen molar-refractivity contribution in [3.05, 3.63) is 28.2 Å². The summed E-state index contributed by atoms with van der Waals surface area (Å²) in [6.45, 7) is 0. The molecule has 0 radical (unpaired) electrons. The van der Waals surface area contributed by atoms with Gasteiger partial charge in [0.05, 0.1) is 27.3 Å². The van der Waals surface area contributed by atoms with Crippen molar-refractivity contribution >= 4 is 44.9 Å². The molecule has 0 bridgehead atoms. The topological polar surface area (TPSA) is 148 Å². The van der Waals surface area contributed by atoms with Crippen LogP contribution in [0.15, 0.2) is 23.1 Å². The van der Waals surface area contributed by atoms with Gasteiger partial charge in [0.2, 0.25) is 5.91 Å². The highest BCUT2D eigenvalue weighted by Crippen LogP contribution is 2.66. The number of ether oxygens (including phenoxy) is 1. The minimum absolute atomic E-state index is 0.0561. The molecular weight excluding hydrogens is 443 g/mol. The standard InChI is InChI=1S/C18H18Cl2N2O6S/c1-28-14-5-10(29(26,27)12-3-2-9(19)4-11(12)20)6-18(14,16(24)25)13-7-17(13,8-21)15(22)23/h2-4,10,13-14H,5-7H2,1H3,(H2,22,23)(H,24,25)/t10-,13?,14+,17?,18+/m0/s1. The maximum Gasteiger partial charge on any atom is 0.312 e. The van der Waals surface area contributed by atoms with Gasteiger partial charge in [0, 0.05) is 18.1 Å². The van der Waals surface area contributed by atoms with E-state index in [9.17, 15) is 28.4 Å². The number of nitriles is 1. The Labute approximate surface area is 177 Å². The second-order valence-corrected chi connectivity index (χ2v) is 10.5.